The lowest BCUT2D eigenvalue weighted by molar-refractivity contribution is -0.118. The van der Waals surface area contributed by atoms with Gasteiger partial charge in [0.05, 0.1) is 12.7 Å². The Morgan fingerprint density at radius 1 is 1.47 bits per heavy atom. The molecule has 2 N–H and O–H groups in total. The molecule has 17 heavy (non-hydrogen) atoms. The third kappa shape index (κ3) is 3.94. The first-order chi connectivity index (χ1) is 8.25. The molecule has 5 heteroatoms. The highest BCUT2D eigenvalue weighted by atomic mass is 16.5. The van der Waals surface area contributed by atoms with E-state index in [0.29, 0.717) is 18.7 Å². The summed E-state index contributed by atoms with van der Waals surface area (Å²) >= 11 is 0. The van der Waals surface area contributed by atoms with Crippen molar-refractivity contribution in [2.24, 2.45) is 0 Å². The first-order valence-corrected chi connectivity index (χ1v) is 6.56. The fourth-order valence-corrected chi connectivity index (χ4v) is 2.60. The van der Waals surface area contributed by atoms with Gasteiger partial charge in [0.25, 0.3) is 0 Å². The van der Waals surface area contributed by atoms with Crippen molar-refractivity contribution in [3.8, 4) is 0 Å². The summed E-state index contributed by atoms with van der Waals surface area (Å²) < 4.78 is 5.83. The monoisotopic (exact) mass is 241 g/mol. The fourth-order valence-electron chi connectivity index (χ4n) is 2.60. The number of nitrogens with one attached hydrogen (secondary N) is 2. The van der Waals surface area contributed by atoms with E-state index >= 15 is 0 Å². The van der Waals surface area contributed by atoms with Crippen molar-refractivity contribution in [1.29, 1.82) is 0 Å². The van der Waals surface area contributed by atoms with E-state index in [1.54, 1.807) is 0 Å². The summed E-state index contributed by atoms with van der Waals surface area (Å²) in [5, 5.41) is 6.09. The smallest absolute Gasteiger partial charge is 0.216 e. The van der Waals surface area contributed by atoms with Gasteiger partial charge in [-0.2, -0.15) is 0 Å². The predicted molar refractivity (Wildman–Crippen MR) is 65.9 cm³/mol. The van der Waals surface area contributed by atoms with Gasteiger partial charge in [0, 0.05) is 39.1 Å². The van der Waals surface area contributed by atoms with Gasteiger partial charge in [-0.1, -0.05) is 0 Å². The summed E-state index contributed by atoms with van der Waals surface area (Å²) in [5.74, 6) is 0.0284. The van der Waals surface area contributed by atoms with E-state index in [4.69, 9.17) is 4.74 Å². The maximum absolute atomic E-state index is 10.7. The van der Waals surface area contributed by atoms with Gasteiger partial charge in [-0.15, -0.1) is 0 Å². The van der Waals surface area contributed by atoms with Crippen molar-refractivity contribution in [3.05, 3.63) is 0 Å². The molecule has 0 aromatic carbocycles. The second-order valence-electron chi connectivity index (χ2n) is 4.93. The van der Waals surface area contributed by atoms with Gasteiger partial charge in [-0.05, 0) is 19.4 Å². The van der Waals surface area contributed by atoms with Crippen LogP contribution in [0.2, 0.25) is 0 Å². The van der Waals surface area contributed by atoms with Crippen molar-refractivity contribution in [2.75, 3.05) is 39.3 Å². The molecule has 0 aromatic rings. The van der Waals surface area contributed by atoms with Gasteiger partial charge in [-0.3, -0.25) is 9.69 Å². The van der Waals surface area contributed by atoms with Crippen molar-refractivity contribution in [2.45, 2.75) is 31.9 Å². The zero-order valence-electron chi connectivity index (χ0n) is 10.6. The van der Waals surface area contributed by atoms with Crippen molar-refractivity contribution >= 4 is 5.91 Å². The number of fused-ring (bicyclic) bond motifs is 1. The number of carbonyl (C=O) groups excluding carboxylic acids is 1. The van der Waals surface area contributed by atoms with Crippen LogP contribution in [0, 0.1) is 0 Å². The van der Waals surface area contributed by atoms with Crippen LogP contribution in [0.4, 0.5) is 0 Å². The lowest BCUT2D eigenvalue weighted by Gasteiger charge is -2.35. The normalized spacial score (nSPS) is 29.0. The fraction of sp³-hybridized carbons (Fsp3) is 0.917. The van der Waals surface area contributed by atoms with E-state index in [1.165, 1.54) is 26.3 Å². The molecule has 0 bridgehead atoms. The van der Waals surface area contributed by atoms with Gasteiger partial charge in [0.2, 0.25) is 5.91 Å². The molecule has 2 atom stereocenters. The van der Waals surface area contributed by atoms with Gasteiger partial charge in [0.1, 0.15) is 0 Å². The number of morpholine rings is 1. The SMILES string of the molecule is CC(=O)NCCNCC1CN2CCCC2CO1. The van der Waals surface area contributed by atoms with E-state index in [9.17, 15) is 4.79 Å². The number of rotatable bonds is 5. The Morgan fingerprint density at radius 3 is 3.18 bits per heavy atom. The van der Waals surface area contributed by atoms with Gasteiger partial charge >= 0.3 is 0 Å². The summed E-state index contributed by atoms with van der Waals surface area (Å²) in [5.41, 5.74) is 0. The molecule has 2 fully saturated rings. The largest absolute Gasteiger partial charge is 0.374 e. The molecule has 2 aliphatic rings. The Hall–Kier alpha value is -0.650. The molecule has 98 valence electrons. The Labute approximate surface area is 103 Å². The zero-order valence-corrected chi connectivity index (χ0v) is 10.6. The standard InChI is InChI=1S/C12H23N3O2/c1-10(16)14-5-4-13-7-12-8-15-6-2-3-11(15)9-17-12/h11-13H,2-9H2,1H3,(H,14,16). The number of hydrogen-bond donors (Lipinski definition) is 2. The summed E-state index contributed by atoms with van der Waals surface area (Å²) in [6.45, 7) is 7.09. The molecule has 2 saturated heterocycles. The lowest BCUT2D eigenvalue weighted by Crippen LogP contribution is -2.49. The van der Waals surface area contributed by atoms with Crippen LogP contribution in [0.5, 0.6) is 0 Å². The molecular weight excluding hydrogens is 218 g/mol. The Kier molecular flexibility index (Phi) is 4.76. The summed E-state index contributed by atoms with van der Waals surface area (Å²) in [7, 11) is 0. The van der Waals surface area contributed by atoms with Crippen LogP contribution in [0.25, 0.3) is 0 Å². The average molecular weight is 241 g/mol. The van der Waals surface area contributed by atoms with E-state index in [-0.39, 0.29) is 5.91 Å². The highest BCUT2D eigenvalue weighted by Crippen LogP contribution is 2.22. The van der Waals surface area contributed by atoms with Crippen LogP contribution < -0.4 is 10.6 Å². The Bertz CT molecular complexity index is 260. The first kappa shape index (κ1) is 12.8. The number of ether oxygens (including phenoxy) is 1. The summed E-state index contributed by atoms with van der Waals surface area (Å²) in [4.78, 5) is 13.2. The van der Waals surface area contributed by atoms with Crippen LogP contribution in [0.15, 0.2) is 0 Å². The third-order valence-electron chi connectivity index (χ3n) is 3.51. The molecule has 0 radical (unpaired) electrons. The summed E-state index contributed by atoms with van der Waals surface area (Å²) in [6, 6.07) is 0.672. The first-order valence-electron chi connectivity index (χ1n) is 6.56. The topological polar surface area (TPSA) is 53.6 Å². The van der Waals surface area contributed by atoms with Crippen molar-refractivity contribution in [3.63, 3.8) is 0 Å². The molecule has 0 aromatic heterocycles. The van der Waals surface area contributed by atoms with Gasteiger partial charge in [-0.25, -0.2) is 0 Å². The molecule has 0 saturated carbocycles. The minimum Gasteiger partial charge on any atom is -0.374 e. The molecule has 0 spiro atoms. The third-order valence-corrected chi connectivity index (χ3v) is 3.51. The van der Waals surface area contributed by atoms with Crippen molar-refractivity contribution in [1.82, 2.24) is 15.5 Å². The van der Waals surface area contributed by atoms with E-state index < -0.39 is 0 Å². The Balaban J connectivity index is 1.56. The molecule has 2 unspecified atom stereocenters. The quantitative estimate of drug-likeness (QED) is 0.642. The van der Waals surface area contributed by atoms with Crippen LogP contribution in [0.1, 0.15) is 19.8 Å². The highest BCUT2D eigenvalue weighted by Gasteiger charge is 2.31. The lowest BCUT2D eigenvalue weighted by atomic mass is 10.2. The number of carbonyl (C=O) groups is 1. The number of hydrogen-bond acceptors (Lipinski definition) is 4. The van der Waals surface area contributed by atoms with Gasteiger partial charge < -0.3 is 15.4 Å². The van der Waals surface area contributed by atoms with E-state index in [1.807, 2.05) is 0 Å². The molecule has 2 rings (SSSR count). The number of nitrogens with zero attached hydrogens (tertiary/aromatic N) is 1. The van der Waals surface area contributed by atoms with Crippen molar-refractivity contribution < 1.29 is 9.53 Å². The van der Waals surface area contributed by atoms with Crippen LogP contribution in [-0.2, 0) is 9.53 Å². The van der Waals surface area contributed by atoms with E-state index in [0.717, 1.165) is 26.2 Å². The highest BCUT2D eigenvalue weighted by molar-refractivity contribution is 5.72. The maximum atomic E-state index is 10.7. The minimum atomic E-state index is 0.0284. The minimum absolute atomic E-state index is 0.0284. The van der Waals surface area contributed by atoms with Crippen LogP contribution in [0.3, 0.4) is 0 Å². The predicted octanol–water partition coefficient (Wildman–Crippen LogP) is -0.425. The number of amides is 1. The molecule has 2 aliphatic heterocycles. The van der Waals surface area contributed by atoms with Crippen LogP contribution in [-0.4, -0.2) is 62.3 Å². The van der Waals surface area contributed by atoms with E-state index in [2.05, 4.69) is 15.5 Å². The van der Waals surface area contributed by atoms with Crippen LogP contribution >= 0.6 is 0 Å². The average Bonchev–Trinajstić information content (AvgIpc) is 2.75. The molecule has 1 amide bonds. The zero-order chi connectivity index (χ0) is 12.1. The summed E-state index contributed by atoms with van der Waals surface area (Å²) in [6.07, 6.45) is 2.92. The molecule has 0 aliphatic carbocycles. The molecule has 5 nitrogen and oxygen atoms in total. The molecular formula is C12H23N3O2. The Morgan fingerprint density at radius 2 is 2.35 bits per heavy atom. The van der Waals surface area contributed by atoms with Gasteiger partial charge in [0.15, 0.2) is 0 Å². The second-order valence-corrected chi connectivity index (χ2v) is 4.93. The molecule has 2 heterocycles. The second kappa shape index (κ2) is 6.33. The maximum Gasteiger partial charge on any atom is 0.216 e.